The van der Waals surface area contributed by atoms with Gasteiger partial charge in [-0.05, 0) is 31.2 Å². The van der Waals surface area contributed by atoms with Gasteiger partial charge in [-0.2, -0.15) is 5.10 Å². The van der Waals surface area contributed by atoms with Gasteiger partial charge in [-0.15, -0.1) is 0 Å². The molecule has 2 rings (SSSR count). The molecule has 0 aliphatic rings. The summed E-state index contributed by atoms with van der Waals surface area (Å²) in [6.45, 7) is 1.60. The summed E-state index contributed by atoms with van der Waals surface area (Å²) in [6, 6.07) is 4.03. The number of halogens is 1. The Hall–Kier alpha value is -2.26. The summed E-state index contributed by atoms with van der Waals surface area (Å²) < 4.78 is 37.4. The quantitative estimate of drug-likeness (QED) is 0.873. The van der Waals surface area contributed by atoms with Crippen LogP contribution in [0.2, 0.25) is 0 Å². The first-order valence-electron chi connectivity index (χ1n) is 5.91. The summed E-state index contributed by atoms with van der Waals surface area (Å²) in [5.41, 5.74) is -0.133. The van der Waals surface area contributed by atoms with Crippen molar-refractivity contribution in [3.63, 3.8) is 0 Å². The van der Waals surface area contributed by atoms with E-state index in [-0.39, 0.29) is 10.6 Å². The Balaban J connectivity index is 2.19. The van der Waals surface area contributed by atoms with E-state index in [1.807, 2.05) is 0 Å². The van der Waals surface area contributed by atoms with Crippen molar-refractivity contribution in [2.24, 2.45) is 5.14 Å². The van der Waals surface area contributed by atoms with E-state index in [0.717, 1.165) is 18.2 Å². The van der Waals surface area contributed by atoms with E-state index in [9.17, 15) is 17.6 Å². The van der Waals surface area contributed by atoms with E-state index in [4.69, 9.17) is 5.14 Å². The predicted molar refractivity (Wildman–Crippen MR) is 73.3 cm³/mol. The Morgan fingerprint density at radius 3 is 2.71 bits per heavy atom. The lowest BCUT2D eigenvalue weighted by Gasteiger charge is -2.13. The van der Waals surface area contributed by atoms with Crippen LogP contribution in [0.1, 0.15) is 13.0 Å². The summed E-state index contributed by atoms with van der Waals surface area (Å²) in [7, 11) is -3.99. The van der Waals surface area contributed by atoms with E-state index in [1.165, 1.54) is 10.9 Å². The van der Waals surface area contributed by atoms with Crippen LogP contribution in [0, 0.1) is 5.82 Å². The molecule has 0 saturated carbocycles. The summed E-state index contributed by atoms with van der Waals surface area (Å²) in [4.78, 5) is 11.6. The van der Waals surface area contributed by atoms with Gasteiger partial charge in [0.2, 0.25) is 15.9 Å². The third-order valence-electron chi connectivity index (χ3n) is 2.83. The monoisotopic (exact) mass is 312 g/mol. The number of anilines is 1. The first-order chi connectivity index (χ1) is 9.79. The van der Waals surface area contributed by atoms with Crippen molar-refractivity contribution < 1.29 is 17.6 Å². The van der Waals surface area contributed by atoms with Crippen LogP contribution in [-0.2, 0) is 14.8 Å². The SMILES string of the molecule is CC(C(=O)Nc1ccc(S(N)(=O)=O)cc1F)n1cccn1. The van der Waals surface area contributed by atoms with Crippen LogP contribution >= 0.6 is 0 Å². The highest BCUT2D eigenvalue weighted by Gasteiger charge is 2.18. The van der Waals surface area contributed by atoms with Gasteiger partial charge in [0, 0.05) is 12.4 Å². The van der Waals surface area contributed by atoms with E-state index in [1.54, 1.807) is 19.2 Å². The van der Waals surface area contributed by atoms with Crippen molar-refractivity contribution >= 4 is 21.6 Å². The number of nitrogens with zero attached hydrogens (tertiary/aromatic N) is 2. The second-order valence-corrected chi connectivity index (χ2v) is 5.90. The van der Waals surface area contributed by atoms with Crippen molar-refractivity contribution in [2.45, 2.75) is 17.9 Å². The molecule has 1 aromatic carbocycles. The van der Waals surface area contributed by atoms with Gasteiger partial charge >= 0.3 is 0 Å². The van der Waals surface area contributed by atoms with Gasteiger partial charge in [0.15, 0.2) is 0 Å². The molecule has 1 unspecified atom stereocenters. The van der Waals surface area contributed by atoms with Gasteiger partial charge in [-0.3, -0.25) is 9.48 Å². The highest BCUT2D eigenvalue weighted by molar-refractivity contribution is 7.89. The molecular weight excluding hydrogens is 299 g/mol. The molecule has 21 heavy (non-hydrogen) atoms. The van der Waals surface area contributed by atoms with Gasteiger partial charge in [0.25, 0.3) is 0 Å². The molecule has 0 spiro atoms. The van der Waals surface area contributed by atoms with Crippen molar-refractivity contribution in [1.29, 1.82) is 0 Å². The number of benzene rings is 1. The average molecular weight is 312 g/mol. The molecule has 112 valence electrons. The highest BCUT2D eigenvalue weighted by atomic mass is 32.2. The van der Waals surface area contributed by atoms with Crippen LogP contribution in [0.3, 0.4) is 0 Å². The summed E-state index contributed by atoms with van der Waals surface area (Å²) in [5.74, 6) is -1.37. The third-order valence-corrected chi connectivity index (χ3v) is 3.74. The maximum Gasteiger partial charge on any atom is 0.249 e. The van der Waals surface area contributed by atoms with Crippen molar-refractivity contribution in [2.75, 3.05) is 5.32 Å². The fourth-order valence-corrected chi connectivity index (χ4v) is 2.17. The molecule has 0 aliphatic carbocycles. The second-order valence-electron chi connectivity index (χ2n) is 4.34. The van der Waals surface area contributed by atoms with Gasteiger partial charge in [-0.1, -0.05) is 0 Å². The van der Waals surface area contributed by atoms with Crippen LogP contribution in [0.15, 0.2) is 41.6 Å². The van der Waals surface area contributed by atoms with E-state index >= 15 is 0 Å². The zero-order chi connectivity index (χ0) is 15.6. The van der Waals surface area contributed by atoms with Crippen LogP contribution in [-0.4, -0.2) is 24.1 Å². The van der Waals surface area contributed by atoms with Gasteiger partial charge in [-0.25, -0.2) is 17.9 Å². The minimum atomic E-state index is -3.99. The van der Waals surface area contributed by atoms with Crippen LogP contribution < -0.4 is 10.5 Å². The Kier molecular flexibility index (Phi) is 4.05. The Morgan fingerprint density at radius 1 is 1.48 bits per heavy atom. The van der Waals surface area contributed by atoms with Gasteiger partial charge in [0.05, 0.1) is 10.6 Å². The van der Waals surface area contributed by atoms with Crippen molar-refractivity contribution in [1.82, 2.24) is 9.78 Å². The number of hydrogen-bond donors (Lipinski definition) is 2. The number of primary sulfonamides is 1. The number of amides is 1. The number of nitrogens with two attached hydrogens (primary N) is 1. The number of nitrogens with one attached hydrogen (secondary N) is 1. The molecule has 7 nitrogen and oxygen atoms in total. The highest BCUT2D eigenvalue weighted by Crippen LogP contribution is 2.19. The fraction of sp³-hybridized carbons (Fsp3) is 0.167. The largest absolute Gasteiger partial charge is 0.322 e. The summed E-state index contributed by atoms with van der Waals surface area (Å²) in [6.07, 6.45) is 3.12. The Labute approximate surface area is 120 Å². The lowest BCUT2D eigenvalue weighted by molar-refractivity contribution is -0.119. The lowest BCUT2D eigenvalue weighted by Crippen LogP contribution is -2.24. The summed E-state index contributed by atoms with van der Waals surface area (Å²) >= 11 is 0. The van der Waals surface area contributed by atoms with E-state index < -0.39 is 27.8 Å². The number of carbonyl (C=O) groups is 1. The molecule has 0 radical (unpaired) electrons. The zero-order valence-corrected chi connectivity index (χ0v) is 11.8. The van der Waals surface area contributed by atoms with Gasteiger partial charge in [0.1, 0.15) is 11.9 Å². The number of sulfonamides is 1. The molecular formula is C12H13FN4O3S. The minimum absolute atomic E-state index is 0.133. The molecule has 2 aromatic rings. The van der Waals surface area contributed by atoms with Crippen molar-refractivity contribution in [3.8, 4) is 0 Å². The molecule has 1 heterocycles. The molecule has 9 heteroatoms. The maximum absolute atomic E-state index is 13.8. The molecule has 0 aliphatic heterocycles. The first kappa shape index (κ1) is 15.1. The van der Waals surface area contributed by atoms with Crippen molar-refractivity contribution in [3.05, 3.63) is 42.5 Å². The molecule has 0 saturated heterocycles. The smallest absolute Gasteiger partial charge is 0.249 e. The standard InChI is InChI=1S/C12H13FN4O3S/c1-8(17-6-2-5-15-17)12(18)16-11-4-3-9(7-10(11)13)21(14,19)20/h2-8H,1H3,(H,16,18)(H2,14,19,20). The fourth-order valence-electron chi connectivity index (χ4n) is 1.64. The Bertz CT molecular complexity index is 759. The van der Waals surface area contributed by atoms with Crippen LogP contribution in [0.4, 0.5) is 10.1 Å². The number of rotatable bonds is 4. The first-order valence-corrected chi connectivity index (χ1v) is 7.46. The molecule has 1 amide bonds. The Morgan fingerprint density at radius 2 is 2.19 bits per heavy atom. The molecule has 1 atom stereocenters. The maximum atomic E-state index is 13.8. The number of carbonyl (C=O) groups excluding carboxylic acids is 1. The van der Waals surface area contributed by atoms with E-state index in [2.05, 4.69) is 10.4 Å². The predicted octanol–water partition coefficient (Wildman–Crippen LogP) is 0.869. The number of aromatic nitrogens is 2. The molecule has 3 N–H and O–H groups in total. The molecule has 0 bridgehead atoms. The molecule has 1 aromatic heterocycles. The number of hydrogen-bond acceptors (Lipinski definition) is 4. The lowest BCUT2D eigenvalue weighted by atomic mass is 10.2. The molecule has 0 fully saturated rings. The van der Waals surface area contributed by atoms with Crippen LogP contribution in [0.5, 0.6) is 0 Å². The minimum Gasteiger partial charge on any atom is -0.322 e. The normalized spacial score (nSPS) is 12.9. The second kappa shape index (κ2) is 5.62. The van der Waals surface area contributed by atoms with Crippen LogP contribution in [0.25, 0.3) is 0 Å². The average Bonchev–Trinajstić information content (AvgIpc) is 2.92. The summed E-state index contributed by atoms with van der Waals surface area (Å²) in [5, 5.41) is 11.2. The van der Waals surface area contributed by atoms with E-state index in [0.29, 0.717) is 0 Å². The topological polar surface area (TPSA) is 107 Å². The zero-order valence-electron chi connectivity index (χ0n) is 11.0. The third kappa shape index (κ3) is 3.44. The van der Waals surface area contributed by atoms with Gasteiger partial charge < -0.3 is 5.32 Å².